The lowest BCUT2D eigenvalue weighted by Crippen LogP contribution is -2.48. The molecule has 102 valence electrons. The van der Waals surface area contributed by atoms with Crippen molar-refractivity contribution in [3.63, 3.8) is 0 Å². The van der Waals surface area contributed by atoms with Gasteiger partial charge in [-0.15, -0.1) is 0 Å². The van der Waals surface area contributed by atoms with Gasteiger partial charge in [0.1, 0.15) is 5.82 Å². The second-order valence-electron chi connectivity index (χ2n) is 6.24. The zero-order valence-electron chi connectivity index (χ0n) is 12.0. The number of benzene rings is 1. The molecule has 0 saturated carbocycles. The third-order valence-corrected chi connectivity index (χ3v) is 3.34. The van der Waals surface area contributed by atoms with Crippen LogP contribution in [0.5, 0.6) is 0 Å². The van der Waals surface area contributed by atoms with Gasteiger partial charge in [-0.2, -0.15) is 0 Å². The second kappa shape index (κ2) is 5.37. The summed E-state index contributed by atoms with van der Waals surface area (Å²) in [6, 6.07) is 5.24. The molecule has 0 atom stereocenters. The number of aliphatic hydroxyl groups excluding tert-OH is 1. The predicted octanol–water partition coefficient (Wildman–Crippen LogP) is 2.77. The van der Waals surface area contributed by atoms with E-state index in [0.717, 1.165) is 12.1 Å². The van der Waals surface area contributed by atoms with Crippen molar-refractivity contribution in [2.24, 2.45) is 0 Å². The van der Waals surface area contributed by atoms with Crippen LogP contribution in [-0.2, 0) is 5.41 Å². The van der Waals surface area contributed by atoms with E-state index in [1.165, 1.54) is 6.07 Å². The zero-order valence-corrected chi connectivity index (χ0v) is 12.0. The molecule has 0 radical (unpaired) electrons. The molecule has 1 aromatic rings. The van der Waals surface area contributed by atoms with Gasteiger partial charge >= 0.3 is 0 Å². The van der Waals surface area contributed by atoms with Crippen LogP contribution < -0.4 is 5.32 Å². The highest BCUT2D eigenvalue weighted by Crippen LogP contribution is 2.25. The average Bonchev–Trinajstić information content (AvgIpc) is 2.30. The summed E-state index contributed by atoms with van der Waals surface area (Å²) < 4.78 is 13.3. The summed E-state index contributed by atoms with van der Waals surface area (Å²) in [6.07, 6.45) is 0. The first-order valence-electron chi connectivity index (χ1n) is 6.30. The lowest BCUT2D eigenvalue weighted by Gasteiger charge is -2.32. The van der Waals surface area contributed by atoms with Crippen LogP contribution in [0.3, 0.4) is 0 Å². The van der Waals surface area contributed by atoms with Crippen LogP contribution in [0, 0.1) is 12.7 Å². The van der Waals surface area contributed by atoms with Gasteiger partial charge in [-0.1, -0.05) is 26.0 Å². The maximum absolute atomic E-state index is 13.3. The van der Waals surface area contributed by atoms with Gasteiger partial charge < -0.3 is 10.4 Å². The molecule has 2 nitrogen and oxygen atoms in total. The van der Waals surface area contributed by atoms with E-state index in [4.69, 9.17) is 0 Å². The molecule has 0 bridgehead atoms. The quantitative estimate of drug-likeness (QED) is 0.845. The van der Waals surface area contributed by atoms with E-state index in [9.17, 15) is 9.50 Å². The van der Waals surface area contributed by atoms with Crippen LogP contribution in [0.25, 0.3) is 0 Å². The molecule has 0 aromatic heterocycles. The van der Waals surface area contributed by atoms with Gasteiger partial charge in [-0.3, -0.25) is 0 Å². The monoisotopic (exact) mass is 253 g/mol. The third kappa shape index (κ3) is 3.79. The molecule has 1 aromatic carbocycles. The van der Waals surface area contributed by atoms with E-state index in [0.29, 0.717) is 5.56 Å². The Labute approximate surface area is 109 Å². The van der Waals surface area contributed by atoms with Crippen LogP contribution in [0.1, 0.15) is 38.8 Å². The minimum absolute atomic E-state index is 0.0888. The fourth-order valence-corrected chi connectivity index (χ4v) is 1.68. The Kier molecular flexibility index (Phi) is 4.51. The molecule has 0 saturated heterocycles. The lowest BCUT2D eigenvalue weighted by molar-refractivity contribution is 0.181. The largest absolute Gasteiger partial charge is 0.394 e. The highest BCUT2D eigenvalue weighted by molar-refractivity contribution is 5.30. The van der Waals surface area contributed by atoms with Crippen LogP contribution >= 0.6 is 0 Å². The molecule has 0 unspecified atom stereocenters. The Balaban J connectivity index is 2.82. The molecule has 18 heavy (non-hydrogen) atoms. The number of aryl methyl sites for hydroxylation is 1. The highest BCUT2D eigenvalue weighted by Gasteiger charge is 2.25. The average molecular weight is 253 g/mol. The van der Waals surface area contributed by atoms with Crippen LogP contribution in [0.2, 0.25) is 0 Å². The van der Waals surface area contributed by atoms with E-state index in [1.54, 1.807) is 6.92 Å². The number of hydrogen-bond acceptors (Lipinski definition) is 2. The van der Waals surface area contributed by atoms with E-state index < -0.39 is 0 Å². The Morgan fingerprint density at radius 1 is 1.22 bits per heavy atom. The van der Waals surface area contributed by atoms with E-state index in [-0.39, 0.29) is 23.4 Å². The fourth-order valence-electron chi connectivity index (χ4n) is 1.68. The van der Waals surface area contributed by atoms with Crippen LogP contribution in [0.4, 0.5) is 4.39 Å². The predicted molar refractivity (Wildman–Crippen MR) is 73.3 cm³/mol. The maximum Gasteiger partial charge on any atom is 0.126 e. The molecule has 3 heteroatoms. The lowest BCUT2D eigenvalue weighted by atomic mass is 9.83. The first kappa shape index (κ1) is 15.1. The van der Waals surface area contributed by atoms with Gasteiger partial charge in [0.15, 0.2) is 0 Å². The van der Waals surface area contributed by atoms with Gasteiger partial charge in [-0.05, 0) is 38.0 Å². The summed E-state index contributed by atoms with van der Waals surface area (Å²) in [5.41, 5.74) is 1.36. The smallest absolute Gasteiger partial charge is 0.126 e. The Morgan fingerprint density at radius 3 is 2.33 bits per heavy atom. The summed E-state index contributed by atoms with van der Waals surface area (Å²) in [4.78, 5) is 0. The van der Waals surface area contributed by atoms with Crippen molar-refractivity contribution >= 4 is 0 Å². The van der Waals surface area contributed by atoms with Gasteiger partial charge in [0.25, 0.3) is 0 Å². The van der Waals surface area contributed by atoms with Crippen molar-refractivity contribution in [1.82, 2.24) is 5.32 Å². The third-order valence-electron chi connectivity index (χ3n) is 3.34. The van der Waals surface area contributed by atoms with Crippen LogP contribution in [-0.4, -0.2) is 23.8 Å². The summed E-state index contributed by atoms with van der Waals surface area (Å²) in [5, 5.41) is 12.6. The minimum atomic E-state index is -0.299. The first-order valence-corrected chi connectivity index (χ1v) is 6.30. The van der Waals surface area contributed by atoms with Crippen molar-refractivity contribution in [2.75, 3.05) is 13.2 Å². The molecular formula is C15H24FNO. The van der Waals surface area contributed by atoms with Crippen molar-refractivity contribution in [1.29, 1.82) is 0 Å². The molecule has 0 heterocycles. The number of rotatable bonds is 5. The summed E-state index contributed by atoms with van der Waals surface area (Å²) in [6.45, 7) is 10.7. The summed E-state index contributed by atoms with van der Waals surface area (Å²) in [5.74, 6) is -0.168. The normalized spacial score (nSPS) is 12.8. The minimum Gasteiger partial charge on any atom is -0.394 e. The Hall–Kier alpha value is -0.930. The SMILES string of the molecule is Cc1cc(C(C)(C)CNC(C)(C)CO)ccc1F. The van der Waals surface area contributed by atoms with E-state index in [1.807, 2.05) is 26.0 Å². The van der Waals surface area contributed by atoms with E-state index >= 15 is 0 Å². The van der Waals surface area contributed by atoms with Crippen molar-refractivity contribution in [3.05, 3.63) is 35.1 Å². The first-order chi connectivity index (χ1) is 8.18. The highest BCUT2D eigenvalue weighted by atomic mass is 19.1. The van der Waals surface area contributed by atoms with E-state index in [2.05, 4.69) is 19.2 Å². The van der Waals surface area contributed by atoms with Crippen molar-refractivity contribution in [3.8, 4) is 0 Å². The van der Waals surface area contributed by atoms with Crippen LogP contribution in [0.15, 0.2) is 18.2 Å². The van der Waals surface area contributed by atoms with Gasteiger partial charge in [0.2, 0.25) is 0 Å². The standard InChI is InChI=1S/C15H24FNO/c1-11-8-12(6-7-13(11)16)14(2,3)9-17-15(4,5)10-18/h6-8,17-18H,9-10H2,1-5H3. The van der Waals surface area contributed by atoms with Crippen molar-refractivity contribution < 1.29 is 9.50 Å². The molecule has 0 aliphatic carbocycles. The molecule has 1 rings (SSSR count). The number of aliphatic hydroxyl groups is 1. The Bertz CT molecular complexity index is 413. The number of hydrogen-bond donors (Lipinski definition) is 2. The summed E-state index contributed by atoms with van der Waals surface area (Å²) >= 11 is 0. The molecule has 0 aliphatic rings. The van der Waals surface area contributed by atoms with Gasteiger partial charge in [0, 0.05) is 17.5 Å². The Morgan fingerprint density at radius 2 is 1.83 bits per heavy atom. The maximum atomic E-state index is 13.3. The van der Waals surface area contributed by atoms with Gasteiger partial charge in [-0.25, -0.2) is 4.39 Å². The molecule has 0 fully saturated rings. The van der Waals surface area contributed by atoms with Gasteiger partial charge in [0.05, 0.1) is 6.61 Å². The van der Waals surface area contributed by atoms with Crippen molar-refractivity contribution in [2.45, 2.75) is 45.6 Å². The summed E-state index contributed by atoms with van der Waals surface area (Å²) in [7, 11) is 0. The zero-order chi connectivity index (χ0) is 14.0. The number of halogens is 1. The molecule has 0 aliphatic heterocycles. The molecule has 0 amide bonds. The second-order valence-corrected chi connectivity index (χ2v) is 6.24. The molecule has 0 spiro atoms. The fraction of sp³-hybridized carbons (Fsp3) is 0.600. The topological polar surface area (TPSA) is 32.3 Å². The molecular weight excluding hydrogens is 229 g/mol. The molecule has 2 N–H and O–H groups in total. The number of nitrogens with one attached hydrogen (secondary N) is 1.